The van der Waals surface area contributed by atoms with E-state index in [9.17, 15) is 0 Å². The molecule has 0 aliphatic rings. The first-order valence-electron chi connectivity index (χ1n) is 4.01. The van der Waals surface area contributed by atoms with Crippen molar-refractivity contribution >= 4 is 22.5 Å². The first-order chi connectivity index (χ1) is 6.93. The van der Waals surface area contributed by atoms with Crippen molar-refractivity contribution < 1.29 is 0 Å². The van der Waals surface area contributed by atoms with Gasteiger partial charge in [0.2, 0.25) is 0 Å². The van der Waals surface area contributed by atoms with Gasteiger partial charge in [0, 0.05) is 18.6 Å². The molecule has 0 aliphatic carbocycles. The summed E-state index contributed by atoms with van der Waals surface area (Å²) in [7, 11) is 1.35. The lowest BCUT2D eigenvalue weighted by Gasteiger charge is -1.87. The molecule has 2 nitrogen and oxygen atoms in total. The van der Waals surface area contributed by atoms with Crippen LogP contribution in [0, 0.1) is 0 Å². The highest BCUT2D eigenvalue weighted by Crippen LogP contribution is 2.16. The molecular weight excluding hydrogens is 212 g/mol. The third-order valence-electron chi connectivity index (χ3n) is 1.30. The highest BCUT2D eigenvalue weighted by molar-refractivity contribution is 8.68. The molecule has 2 heterocycles. The van der Waals surface area contributed by atoms with Gasteiger partial charge in [0.1, 0.15) is 5.03 Å². The van der Waals surface area contributed by atoms with Gasteiger partial charge in [-0.05, 0) is 35.1 Å². The zero-order chi connectivity index (χ0) is 10.1. The lowest BCUT2D eigenvalue weighted by Crippen LogP contribution is -1.69. The summed E-state index contributed by atoms with van der Waals surface area (Å²) in [6.45, 7) is 0. The Morgan fingerprint density at radius 1 is 0.929 bits per heavy atom. The van der Waals surface area contributed by atoms with Crippen molar-refractivity contribution in [2.75, 3.05) is 0 Å². The molecule has 0 unspecified atom stereocenters. The Bertz CT molecular complexity index is 300. The SMILES string of the molecule is SSc1ccccn1.c1ccncc1. The van der Waals surface area contributed by atoms with Crippen molar-refractivity contribution in [2.24, 2.45) is 0 Å². The number of pyridine rings is 2. The maximum Gasteiger partial charge on any atom is 0.106 e. The fraction of sp³-hybridized carbons (Fsp3) is 0. The molecule has 0 bridgehead atoms. The Morgan fingerprint density at radius 2 is 1.64 bits per heavy atom. The number of rotatable bonds is 1. The molecule has 2 rings (SSSR count). The summed E-state index contributed by atoms with van der Waals surface area (Å²) < 4.78 is 0. The molecule has 0 N–H and O–H groups in total. The van der Waals surface area contributed by atoms with E-state index in [1.54, 1.807) is 18.6 Å². The molecule has 2 aromatic rings. The van der Waals surface area contributed by atoms with Gasteiger partial charge in [-0.15, -0.1) is 11.7 Å². The van der Waals surface area contributed by atoms with E-state index in [0.717, 1.165) is 5.03 Å². The van der Waals surface area contributed by atoms with Gasteiger partial charge in [-0.25, -0.2) is 4.98 Å². The molecule has 0 aromatic carbocycles. The van der Waals surface area contributed by atoms with E-state index in [1.807, 2.05) is 36.4 Å². The smallest absolute Gasteiger partial charge is 0.106 e. The van der Waals surface area contributed by atoms with Crippen molar-refractivity contribution in [3.8, 4) is 0 Å². The zero-order valence-corrected chi connectivity index (χ0v) is 9.16. The van der Waals surface area contributed by atoms with Gasteiger partial charge >= 0.3 is 0 Å². The molecule has 0 saturated heterocycles. The number of hydrogen-bond donors (Lipinski definition) is 1. The topological polar surface area (TPSA) is 25.8 Å². The van der Waals surface area contributed by atoms with Gasteiger partial charge in [-0.1, -0.05) is 12.1 Å². The highest BCUT2D eigenvalue weighted by Gasteiger charge is 1.83. The zero-order valence-electron chi connectivity index (χ0n) is 7.45. The molecule has 0 spiro atoms. The molecular formula is C10H10N2S2. The van der Waals surface area contributed by atoms with E-state index in [2.05, 4.69) is 21.6 Å². The van der Waals surface area contributed by atoms with Crippen molar-refractivity contribution in [3.63, 3.8) is 0 Å². The molecule has 4 heteroatoms. The van der Waals surface area contributed by atoms with Crippen LogP contribution in [0.1, 0.15) is 0 Å². The Morgan fingerprint density at radius 3 is 1.93 bits per heavy atom. The van der Waals surface area contributed by atoms with E-state index in [-0.39, 0.29) is 0 Å². The van der Waals surface area contributed by atoms with E-state index in [4.69, 9.17) is 0 Å². The van der Waals surface area contributed by atoms with Gasteiger partial charge in [-0.2, -0.15) is 0 Å². The number of hydrogen-bond acceptors (Lipinski definition) is 4. The van der Waals surface area contributed by atoms with E-state index in [1.165, 1.54) is 10.8 Å². The molecule has 0 radical (unpaired) electrons. The maximum absolute atomic E-state index is 3.98. The average molecular weight is 222 g/mol. The standard InChI is InChI=1S/C5H5NS2.C5H5N/c7-8-5-3-1-2-4-6-5;1-2-4-6-5-3-1/h1-4,7H;1-5H. The monoisotopic (exact) mass is 222 g/mol. The van der Waals surface area contributed by atoms with E-state index in [0.29, 0.717) is 0 Å². The number of nitrogens with zero attached hydrogens (tertiary/aromatic N) is 2. The number of thiol groups is 1. The lowest BCUT2D eigenvalue weighted by molar-refractivity contribution is 1.14. The third kappa shape index (κ3) is 4.89. The van der Waals surface area contributed by atoms with Crippen LogP contribution in [0.5, 0.6) is 0 Å². The average Bonchev–Trinajstić information content (AvgIpc) is 2.33. The highest BCUT2D eigenvalue weighted by atomic mass is 33.1. The fourth-order valence-corrected chi connectivity index (χ4v) is 1.29. The van der Waals surface area contributed by atoms with Crippen LogP contribution < -0.4 is 0 Å². The molecule has 0 fully saturated rings. The minimum absolute atomic E-state index is 0.941. The summed E-state index contributed by atoms with van der Waals surface area (Å²) in [4.78, 5) is 7.77. The first-order valence-corrected chi connectivity index (χ1v) is 5.88. The van der Waals surface area contributed by atoms with Crippen molar-refractivity contribution in [3.05, 3.63) is 55.0 Å². The summed E-state index contributed by atoms with van der Waals surface area (Å²) >= 11 is 3.96. The summed E-state index contributed by atoms with van der Waals surface area (Å²) in [5, 5.41) is 0.941. The van der Waals surface area contributed by atoms with Crippen LogP contribution >= 0.6 is 22.5 Å². The van der Waals surface area contributed by atoms with Crippen LogP contribution in [0.3, 0.4) is 0 Å². The van der Waals surface area contributed by atoms with Crippen LogP contribution in [0.15, 0.2) is 60.0 Å². The van der Waals surface area contributed by atoms with Gasteiger partial charge in [0.05, 0.1) is 0 Å². The van der Waals surface area contributed by atoms with E-state index >= 15 is 0 Å². The lowest BCUT2D eigenvalue weighted by atomic mass is 10.5. The van der Waals surface area contributed by atoms with Crippen LogP contribution in [0.25, 0.3) is 0 Å². The molecule has 2 aromatic heterocycles. The Hall–Kier alpha value is -1.00. The fourth-order valence-electron chi connectivity index (χ4n) is 0.714. The summed E-state index contributed by atoms with van der Waals surface area (Å²) in [5.41, 5.74) is 0. The summed E-state index contributed by atoms with van der Waals surface area (Å²) in [5.74, 6) is 0. The third-order valence-corrected chi connectivity index (χ3v) is 2.29. The molecule has 0 aliphatic heterocycles. The van der Waals surface area contributed by atoms with Crippen LogP contribution in [0.4, 0.5) is 0 Å². The van der Waals surface area contributed by atoms with Crippen LogP contribution in [-0.2, 0) is 0 Å². The second-order valence-electron chi connectivity index (χ2n) is 2.28. The maximum atomic E-state index is 3.98. The molecule has 0 amide bonds. The quantitative estimate of drug-likeness (QED) is 0.593. The van der Waals surface area contributed by atoms with Crippen molar-refractivity contribution in [2.45, 2.75) is 5.03 Å². The van der Waals surface area contributed by atoms with Gasteiger partial charge in [-0.3, -0.25) is 4.98 Å². The Kier molecular flexibility index (Phi) is 5.86. The predicted octanol–water partition coefficient (Wildman–Crippen LogP) is 3.10. The number of aromatic nitrogens is 2. The minimum Gasteiger partial charge on any atom is -0.265 e. The van der Waals surface area contributed by atoms with Gasteiger partial charge in [0.15, 0.2) is 0 Å². The first kappa shape index (κ1) is 11.1. The van der Waals surface area contributed by atoms with Gasteiger partial charge < -0.3 is 0 Å². The Labute approximate surface area is 92.6 Å². The summed E-state index contributed by atoms with van der Waals surface area (Å²) in [6.07, 6.45) is 5.25. The largest absolute Gasteiger partial charge is 0.265 e. The summed E-state index contributed by atoms with van der Waals surface area (Å²) in [6, 6.07) is 11.4. The van der Waals surface area contributed by atoms with Crippen molar-refractivity contribution in [1.82, 2.24) is 9.97 Å². The van der Waals surface area contributed by atoms with Crippen molar-refractivity contribution in [1.29, 1.82) is 0 Å². The molecule has 0 atom stereocenters. The van der Waals surface area contributed by atoms with Gasteiger partial charge in [0.25, 0.3) is 0 Å². The molecule has 0 saturated carbocycles. The second-order valence-corrected chi connectivity index (χ2v) is 3.43. The second kappa shape index (κ2) is 7.41. The van der Waals surface area contributed by atoms with E-state index < -0.39 is 0 Å². The Balaban J connectivity index is 0.000000146. The minimum atomic E-state index is 0.941. The predicted molar refractivity (Wildman–Crippen MR) is 63.3 cm³/mol. The molecule has 72 valence electrons. The normalized spacial score (nSPS) is 8.64. The van der Waals surface area contributed by atoms with Crippen LogP contribution in [-0.4, -0.2) is 9.97 Å². The van der Waals surface area contributed by atoms with Crippen LogP contribution in [0.2, 0.25) is 0 Å². The molecule has 14 heavy (non-hydrogen) atoms.